The van der Waals surface area contributed by atoms with Crippen LogP contribution in [-0.2, 0) is 6.42 Å². The highest BCUT2D eigenvalue weighted by Gasteiger charge is 2.32. The molecule has 0 N–H and O–H groups in total. The lowest BCUT2D eigenvalue weighted by molar-refractivity contribution is 0.0971. The first-order chi connectivity index (χ1) is 8.72. The molecule has 2 nitrogen and oxygen atoms in total. The maximum atomic E-state index is 12.0. The van der Waals surface area contributed by atoms with Gasteiger partial charge >= 0.3 is 0 Å². The zero-order valence-corrected chi connectivity index (χ0v) is 12.1. The molecule has 2 aliphatic carbocycles. The number of carbonyl (C=O) groups is 1. The molecule has 0 aliphatic heterocycles. The van der Waals surface area contributed by atoms with Crippen molar-refractivity contribution in [2.45, 2.75) is 56.7 Å². The van der Waals surface area contributed by atoms with Crippen molar-refractivity contribution in [3.8, 4) is 0 Å². The number of aryl methyl sites for hydroxylation is 1. The van der Waals surface area contributed by atoms with Gasteiger partial charge in [0.1, 0.15) is 0 Å². The number of aromatic nitrogens is 1. The predicted molar refractivity (Wildman–Crippen MR) is 76.6 cm³/mol. The number of Topliss-reactive ketones (excluding diaryl/α,β-unsaturated/α-hetero) is 1. The summed E-state index contributed by atoms with van der Waals surface area (Å²) in [4.78, 5) is 12.0. The number of hydrogen-bond donors (Lipinski definition) is 0. The number of carbonyl (C=O) groups excluding carboxylic acids is 1. The molecule has 0 spiro atoms. The summed E-state index contributed by atoms with van der Waals surface area (Å²) in [7, 11) is 0. The number of nitrogens with zero attached hydrogens (tertiary/aromatic N) is 1. The van der Waals surface area contributed by atoms with Gasteiger partial charge in [-0.05, 0) is 44.9 Å². The van der Waals surface area contributed by atoms with Gasteiger partial charge in [-0.2, -0.15) is 11.8 Å². The third-order valence-corrected chi connectivity index (χ3v) is 5.66. The van der Waals surface area contributed by atoms with Crippen LogP contribution in [0.25, 0.3) is 0 Å². The van der Waals surface area contributed by atoms with Crippen LogP contribution in [0.4, 0.5) is 0 Å². The first-order valence-corrected chi connectivity index (χ1v) is 8.28. The molecule has 0 aromatic carbocycles. The van der Waals surface area contributed by atoms with E-state index in [0.29, 0.717) is 11.8 Å². The van der Waals surface area contributed by atoms with Gasteiger partial charge in [0.2, 0.25) is 0 Å². The number of ketones is 1. The molecule has 1 fully saturated rings. The fraction of sp³-hybridized carbons (Fsp3) is 0.667. The molecule has 1 heterocycles. The van der Waals surface area contributed by atoms with E-state index in [1.807, 2.05) is 11.8 Å². The van der Waals surface area contributed by atoms with E-state index in [0.717, 1.165) is 30.1 Å². The highest BCUT2D eigenvalue weighted by molar-refractivity contribution is 7.99. The van der Waals surface area contributed by atoms with Crippen molar-refractivity contribution in [3.63, 3.8) is 0 Å². The lowest BCUT2D eigenvalue weighted by atomic mass is 9.96. The summed E-state index contributed by atoms with van der Waals surface area (Å²) in [5.41, 5.74) is 3.64. The smallest absolute Gasteiger partial charge is 0.164 e. The van der Waals surface area contributed by atoms with Gasteiger partial charge in [-0.15, -0.1) is 0 Å². The van der Waals surface area contributed by atoms with Crippen LogP contribution in [0.1, 0.15) is 59.9 Å². The van der Waals surface area contributed by atoms with Crippen LogP contribution < -0.4 is 0 Å². The molecule has 0 amide bonds. The Balaban J connectivity index is 2.04. The Labute approximate surface area is 113 Å². The Morgan fingerprint density at radius 3 is 2.89 bits per heavy atom. The minimum Gasteiger partial charge on any atom is -0.344 e. The molecule has 98 valence electrons. The second-order valence-corrected chi connectivity index (χ2v) is 6.64. The van der Waals surface area contributed by atoms with Gasteiger partial charge in [0.25, 0.3) is 0 Å². The monoisotopic (exact) mass is 263 g/mol. The highest BCUT2D eigenvalue weighted by atomic mass is 32.2. The number of fused-ring (bicyclic) bond motifs is 1. The quantitative estimate of drug-likeness (QED) is 0.810. The fourth-order valence-corrected chi connectivity index (χ4v) is 4.66. The average Bonchev–Trinajstić information content (AvgIpc) is 2.93. The summed E-state index contributed by atoms with van der Waals surface area (Å²) < 4.78 is 2.50. The Kier molecular flexibility index (Phi) is 3.27. The summed E-state index contributed by atoms with van der Waals surface area (Å²) in [6.07, 6.45) is 9.02. The van der Waals surface area contributed by atoms with E-state index in [2.05, 4.69) is 23.8 Å². The van der Waals surface area contributed by atoms with Gasteiger partial charge in [0.15, 0.2) is 5.78 Å². The molecule has 1 saturated carbocycles. The molecular formula is C15H21NOS. The number of thioether (sulfide) groups is 1. The Bertz CT molecular complexity index is 477. The topological polar surface area (TPSA) is 22.0 Å². The molecule has 3 heteroatoms. The third-order valence-electron chi connectivity index (χ3n) is 4.50. The fourth-order valence-electron chi connectivity index (χ4n) is 3.69. The summed E-state index contributed by atoms with van der Waals surface area (Å²) in [6, 6.07) is 2.75. The maximum absolute atomic E-state index is 12.0. The number of rotatable bonds is 2. The van der Waals surface area contributed by atoms with E-state index in [1.54, 1.807) is 0 Å². The summed E-state index contributed by atoms with van der Waals surface area (Å²) >= 11 is 1.99. The van der Waals surface area contributed by atoms with Crippen molar-refractivity contribution >= 4 is 17.5 Å². The van der Waals surface area contributed by atoms with Crippen LogP contribution >= 0.6 is 11.8 Å². The van der Waals surface area contributed by atoms with Crippen LogP contribution in [0.5, 0.6) is 0 Å². The van der Waals surface area contributed by atoms with E-state index in [-0.39, 0.29) is 0 Å². The van der Waals surface area contributed by atoms with E-state index >= 15 is 0 Å². The zero-order valence-electron chi connectivity index (χ0n) is 11.2. The normalized spacial score (nSPS) is 27.6. The predicted octanol–water partition coefficient (Wildman–Crippen LogP) is 3.77. The molecule has 1 aromatic rings. The van der Waals surface area contributed by atoms with E-state index in [9.17, 15) is 4.79 Å². The molecule has 18 heavy (non-hydrogen) atoms. The third kappa shape index (κ3) is 1.83. The molecule has 0 saturated heterocycles. The lowest BCUT2D eigenvalue weighted by Crippen LogP contribution is -2.21. The molecule has 2 atom stereocenters. The second kappa shape index (κ2) is 4.76. The number of hydrogen-bond acceptors (Lipinski definition) is 2. The maximum Gasteiger partial charge on any atom is 0.164 e. The van der Waals surface area contributed by atoms with E-state index in [1.165, 1.54) is 30.7 Å². The first kappa shape index (κ1) is 12.3. The van der Waals surface area contributed by atoms with Crippen molar-refractivity contribution in [2.24, 2.45) is 0 Å². The molecule has 2 unspecified atom stereocenters. The first-order valence-electron chi connectivity index (χ1n) is 6.99. The van der Waals surface area contributed by atoms with E-state index < -0.39 is 0 Å². The molecule has 2 aliphatic rings. The Morgan fingerprint density at radius 1 is 1.28 bits per heavy atom. The van der Waals surface area contributed by atoms with Gasteiger partial charge in [0.05, 0.1) is 0 Å². The molecule has 0 bridgehead atoms. The molecular weight excluding hydrogens is 242 g/mol. The second-order valence-electron chi connectivity index (χ2n) is 5.57. The van der Waals surface area contributed by atoms with Crippen LogP contribution in [0.2, 0.25) is 0 Å². The lowest BCUT2D eigenvalue weighted by Gasteiger charge is -2.25. The molecule has 1 aromatic heterocycles. The Hall–Kier alpha value is -0.700. The average molecular weight is 263 g/mol. The summed E-state index contributed by atoms with van der Waals surface area (Å²) in [5.74, 6) is 0.358. The summed E-state index contributed by atoms with van der Waals surface area (Å²) in [6.45, 7) is 2.17. The van der Waals surface area contributed by atoms with Crippen molar-refractivity contribution in [1.29, 1.82) is 0 Å². The van der Waals surface area contributed by atoms with E-state index in [4.69, 9.17) is 0 Å². The minimum atomic E-state index is 0.358. The van der Waals surface area contributed by atoms with Crippen LogP contribution in [0.15, 0.2) is 6.07 Å². The Morgan fingerprint density at radius 2 is 2.11 bits per heavy atom. The molecule has 3 rings (SSSR count). The largest absolute Gasteiger partial charge is 0.344 e. The van der Waals surface area contributed by atoms with Crippen molar-refractivity contribution in [1.82, 2.24) is 4.57 Å². The summed E-state index contributed by atoms with van der Waals surface area (Å²) in [5, 5.41) is 0.734. The van der Waals surface area contributed by atoms with Crippen molar-refractivity contribution in [2.75, 3.05) is 6.26 Å². The molecule has 0 radical (unpaired) electrons. The van der Waals surface area contributed by atoms with Gasteiger partial charge < -0.3 is 4.57 Å². The minimum absolute atomic E-state index is 0.358. The van der Waals surface area contributed by atoms with Gasteiger partial charge in [-0.1, -0.05) is 6.42 Å². The van der Waals surface area contributed by atoms with Crippen LogP contribution in [0.3, 0.4) is 0 Å². The highest BCUT2D eigenvalue weighted by Crippen LogP contribution is 2.40. The standard InChI is InChI=1S/C15H21NOS/c1-10-9-11-12(5-3-7-14(11)17)16(10)13-6-4-8-15(13)18-2/h9,13,15H,3-8H2,1-2H3. The van der Waals surface area contributed by atoms with Gasteiger partial charge in [-0.25, -0.2) is 0 Å². The zero-order chi connectivity index (χ0) is 12.7. The van der Waals surface area contributed by atoms with Gasteiger partial charge in [0, 0.05) is 34.7 Å². The van der Waals surface area contributed by atoms with Crippen molar-refractivity contribution < 1.29 is 4.79 Å². The van der Waals surface area contributed by atoms with Crippen LogP contribution in [-0.4, -0.2) is 21.9 Å². The van der Waals surface area contributed by atoms with Crippen molar-refractivity contribution in [3.05, 3.63) is 23.0 Å². The SMILES string of the molecule is CSC1CCCC1n1c(C)cc2c1CCCC2=O. The van der Waals surface area contributed by atoms with Gasteiger partial charge in [-0.3, -0.25) is 4.79 Å². The van der Waals surface area contributed by atoms with Crippen LogP contribution in [0, 0.1) is 6.92 Å².